The molecule has 4 nitrogen and oxygen atoms in total. The molecule has 3 heterocycles. The second kappa shape index (κ2) is 3.41. The summed E-state index contributed by atoms with van der Waals surface area (Å²) in [6, 6.07) is 9.69. The Bertz CT molecular complexity index is 628. The highest BCUT2D eigenvalue weighted by Gasteiger charge is 2.06. The maximum atomic E-state index is 4.41. The van der Waals surface area contributed by atoms with Crippen LogP contribution in [0, 0.1) is 6.92 Å². The van der Waals surface area contributed by atoms with Crippen molar-refractivity contribution in [1.82, 2.24) is 19.6 Å². The Balaban J connectivity index is 2.19. The van der Waals surface area contributed by atoms with Crippen LogP contribution in [0.3, 0.4) is 0 Å². The summed E-state index contributed by atoms with van der Waals surface area (Å²) in [5, 5.41) is 4.39. The first-order valence-corrected chi connectivity index (χ1v) is 5.07. The largest absolute Gasteiger partial charge is 0.253 e. The lowest BCUT2D eigenvalue weighted by Crippen LogP contribution is -1.88. The topological polar surface area (TPSA) is 43.1 Å². The van der Waals surface area contributed by atoms with E-state index < -0.39 is 0 Å². The molecule has 0 fully saturated rings. The van der Waals surface area contributed by atoms with E-state index in [-0.39, 0.29) is 0 Å². The molecule has 0 amide bonds. The van der Waals surface area contributed by atoms with Crippen molar-refractivity contribution in [3.63, 3.8) is 0 Å². The third-order valence-corrected chi connectivity index (χ3v) is 2.37. The zero-order valence-electron chi connectivity index (χ0n) is 8.83. The van der Waals surface area contributed by atoms with Crippen molar-refractivity contribution in [1.29, 1.82) is 0 Å². The van der Waals surface area contributed by atoms with Gasteiger partial charge in [0, 0.05) is 12.4 Å². The molecular weight excluding hydrogens is 200 g/mol. The van der Waals surface area contributed by atoms with Crippen LogP contribution in [0.15, 0.2) is 42.7 Å². The molecule has 0 saturated heterocycles. The molecule has 0 radical (unpaired) electrons. The fraction of sp³-hybridized carbons (Fsp3) is 0.0833. The summed E-state index contributed by atoms with van der Waals surface area (Å²) in [4.78, 5) is 8.64. The Hall–Kier alpha value is -2.23. The van der Waals surface area contributed by atoms with Crippen LogP contribution < -0.4 is 0 Å². The summed E-state index contributed by atoms with van der Waals surface area (Å²) in [5.74, 6) is 0.659. The van der Waals surface area contributed by atoms with Gasteiger partial charge in [0.1, 0.15) is 5.69 Å². The van der Waals surface area contributed by atoms with Gasteiger partial charge in [-0.2, -0.15) is 0 Å². The molecule has 0 saturated carbocycles. The van der Waals surface area contributed by atoms with Crippen LogP contribution in [0.4, 0.5) is 0 Å². The maximum absolute atomic E-state index is 4.41. The predicted molar refractivity (Wildman–Crippen MR) is 61.0 cm³/mol. The predicted octanol–water partition coefficient (Wildman–Crippen LogP) is 2.10. The summed E-state index contributed by atoms with van der Waals surface area (Å²) in [7, 11) is 0. The third kappa shape index (κ3) is 1.44. The molecule has 0 spiro atoms. The smallest absolute Gasteiger partial charge is 0.200 e. The van der Waals surface area contributed by atoms with Gasteiger partial charge in [0.25, 0.3) is 0 Å². The van der Waals surface area contributed by atoms with E-state index in [0.717, 1.165) is 16.9 Å². The lowest BCUT2D eigenvalue weighted by Gasteiger charge is -1.91. The van der Waals surface area contributed by atoms with E-state index >= 15 is 0 Å². The van der Waals surface area contributed by atoms with Crippen LogP contribution in [0.2, 0.25) is 0 Å². The summed E-state index contributed by atoms with van der Waals surface area (Å²) in [5.41, 5.74) is 2.79. The minimum absolute atomic E-state index is 0.659. The quantitative estimate of drug-likeness (QED) is 0.617. The molecule has 0 bridgehead atoms. The van der Waals surface area contributed by atoms with Crippen molar-refractivity contribution < 1.29 is 0 Å². The van der Waals surface area contributed by atoms with E-state index in [1.54, 1.807) is 10.7 Å². The van der Waals surface area contributed by atoms with Crippen molar-refractivity contribution in [3.05, 3.63) is 48.3 Å². The fourth-order valence-electron chi connectivity index (χ4n) is 1.59. The van der Waals surface area contributed by atoms with Gasteiger partial charge in [-0.05, 0) is 30.7 Å². The highest BCUT2D eigenvalue weighted by atomic mass is 15.3. The first kappa shape index (κ1) is 9.03. The molecule has 0 N–H and O–H groups in total. The van der Waals surface area contributed by atoms with Crippen molar-refractivity contribution in [2.75, 3.05) is 0 Å². The Kier molecular flexibility index (Phi) is 1.93. The van der Waals surface area contributed by atoms with Crippen molar-refractivity contribution in [3.8, 4) is 11.5 Å². The monoisotopic (exact) mass is 210 g/mol. The number of nitrogens with zero attached hydrogens (tertiary/aromatic N) is 4. The van der Waals surface area contributed by atoms with E-state index in [4.69, 9.17) is 0 Å². The third-order valence-electron chi connectivity index (χ3n) is 2.37. The van der Waals surface area contributed by atoms with E-state index in [0.29, 0.717) is 5.82 Å². The molecular formula is C12H10N4. The zero-order valence-corrected chi connectivity index (χ0v) is 8.83. The van der Waals surface area contributed by atoms with Crippen molar-refractivity contribution in [2.45, 2.75) is 6.92 Å². The van der Waals surface area contributed by atoms with Gasteiger partial charge in [0.2, 0.25) is 5.82 Å². The molecule has 78 valence electrons. The number of rotatable bonds is 1. The molecule has 0 aliphatic rings. The number of fused-ring (bicyclic) bond motifs is 1. The second-order valence-corrected chi connectivity index (χ2v) is 3.66. The lowest BCUT2D eigenvalue weighted by molar-refractivity contribution is 0.953. The Morgan fingerprint density at radius 1 is 1.12 bits per heavy atom. The van der Waals surface area contributed by atoms with Crippen LogP contribution in [-0.2, 0) is 0 Å². The van der Waals surface area contributed by atoms with Crippen molar-refractivity contribution in [2.24, 2.45) is 0 Å². The van der Waals surface area contributed by atoms with Crippen LogP contribution in [0.1, 0.15) is 5.56 Å². The molecule has 0 atom stereocenters. The van der Waals surface area contributed by atoms with E-state index in [2.05, 4.69) is 15.1 Å². The molecule has 4 heteroatoms. The summed E-state index contributed by atoms with van der Waals surface area (Å²) < 4.78 is 1.78. The highest BCUT2D eigenvalue weighted by molar-refractivity contribution is 5.53. The van der Waals surface area contributed by atoms with Gasteiger partial charge in [-0.25, -0.2) is 9.50 Å². The standard InChI is InChI=1S/C12H10N4/c1-9-5-6-11-14-12(15-16(11)8-9)10-4-2-3-7-13-10/h2-8H,1H3. The van der Waals surface area contributed by atoms with Crippen molar-refractivity contribution >= 4 is 5.65 Å². The lowest BCUT2D eigenvalue weighted by atomic mass is 10.3. The van der Waals surface area contributed by atoms with E-state index in [1.807, 2.05) is 43.5 Å². The molecule has 0 aliphatic carbocycles. The van der Waals surface area contributed by atoms with Gasteiger partial charge in [-0.15, -0.1) is 5.10 Å². The zero-order chi connectivity index (χ0) is 11.0. The first-order valence-electron chi connectivity index (χ1n) is 5.07. The van der Waals surface area contributed by atoms with Gasteiger partial charge in [-0.1, -0.05) is 12.1 Å². The fourth-order valence-corrected chi connectivity index (χ4v) is 1.59. The number of aryl methyl sites for hydroxylation is 1. The van der Waals surface area contributed by atoms with Gasteiger partial charge < -0.3 is 0 Å². The van der Waals surface area contributed by atoms with Gasteiger partial charge in [0.05, 0.1) is 0 Å². The summed E-state index contributed by atoms with van der Waals surface area (Å²) in [6.07, 6.45) is 3.70. The van der Waals surface area contributed by atoms with Crippen LogP contribution >= 0.6 is 0 Å². The first-order chi connectivity index (χ1) is 7.83. The Labute approximate surface area is 92.6 Å². The normalized spacial score (nSPS) is 10.8. The molecule has 0 aliphatic heterocycles. The Morgan fingerprint density at radius 2 is 2.06 bits per heavy atom. The Morgan fingerprint density at radius 3 is 2.88 bits per heavy atom. The summed E-state index contributed by atoms with van der Waals surface area (Å²) >= 11 is 0. The molecule has 16 heavy (non-hydrogen) atoms. The van der Waals surface area contributed by atoms with Gasteiger partial charge in [-0.3, -0.25) is 4.98 Å². The van der Waals surface area contributed by atoms with Gasteiger partial charge in [0.15, 0.2) is 5.65 Å². The number of aromatic nitrogens is 4. The second-order valence-electron chi connectivity index (χ2n) is 3.66. The average molecular weight is 210 g/mol. The van der Waals surface area contributed by atoms with Crippen LogP contribution in [0.25, 0.3) is 17.2 Å². The molecule has 3 rings (SSSR count). The highest BCUT2D eigenvalue weighted by Crippen LogP contribution is 2.13. The summed E-state index contributed by atoms with van der Waals surface area (Å²) in [6.45, 7) is 2.03. The number of hydrogen-bond donors (Lipinski definition) is 0. The van der Waals surface area contributed by atoms with E-state index in [9.17, 15) is 0 Å². The SMILES string of the molecule is Cc1ccc2nc(-c3ccccn3)nn2c1. The average Bonchev–Trinajstić information content (AvgIpc) is 2.73. The number of hydrogen-bond acceptors (Lipinski definition) is 3. The molecule has 3 aromatic heterocycles. The number of pyridine rings is 2. The molecule has 0 aromatic carbocycles. The van der Waals surface area contributed by atoms with Gasteiger partial charge >= 0.3 is 0 Å². The minimum Gasteiger partial charge on any atom is -0.253 e. The molecule has 0 unspecified atom stereocenters. The van der Waals surface area contributed by atoms with Crippen LogP contribution in [-0.4, -0.2) is 19.6 Å². The molecule has 3 aromatic rings. The van der Waals surface area contributed by atoms with Crippen LogP contribution in [0.5, 0.6) is 0 Å². The maximum Gasteiger partial charge on any atom is 0.200 e. The van der Waals surface area contributed by atoms with E-state index in [1.165, 1.54) is 0 Å². The minimum atomic E-state index is 0.659.